The van der Waals surface area contributed by atoms with E-state index in [-0.39, 0.29) is 0 Å². The van der Waals surface area contributed by atoms with E-state index in [1.807, 2.05) is 30.3 Å². The van der Waals surface area contributed by atoms with E-state index in [2.05, 4.69) is 15.0 Å². The molecule has 0 bridgehead atoms. The molecule has 0 radical (unpaired) electrons. The van der Waals surface area contributed by atoms with E-state index in [0.29, 0.717) is 30.2 Å². The average Bonchev–Trinajstić information content (AvgIpc) is 3.21. The summed E-state index contributed by atoms with van der Waals surface area (Å²) in [5.74, 6) is 0.791. The van der Waals surface area contributed by atoms with Crippen LogP contribution >= 0.6 is 0 Å². The van der Waals surface area contributed by atoms with Gasteiger partial charge in [0, 0.05) is 11.6 Å². The predicted octanol–water partition coefficient (Wildman–Crippen LogP) is 2.95. The Morgan fingerprint density at radius 1 is 1.25 bits per heavy atom. The molecule has 3 atom stereocenters. The Bertz CT molecular complexity index is 715. The summed E-state index contributed by atoms with van der Waals surface area (Å²) >= 11 is 0. The van der Waals surface area contributed by atoms with Crippen LogP contribution in [0.1, 0.15) is 37.9 Å². The molecule has 0 amide bonds. The van der Waals surface area contributed by atoms with Crippen molar-refractivity contribution in [3.63, 3.8) is 0 Å². The number of fused-ring (bicyclic) bond motifs is 1. The number of hydrogen-bond donors (Lipinski definition) is 1. The zero-order valence-corrected chi connectivity index (χ0v) is 13.5. The topological polar surface area (TPSA) is 79.5 Å². The summed E-state index contributed by atoms with van der Waals surface area (Å²) in [6, 6.07) is 9.52. The minimum atomic E-state index is -0.740. The molecule has 2 heterocycles. The summed E-state index contributed by atoms with van der Waals surface area (Å²) in [6.07, 6.45) is 5.32. The summed E-state index contributed by atoms with van der Waals surface area (Å²) < 4.78 is 5.36. The number of carboxylic acid groups (broad SMARTS) is 1. The highest BCUT2D eigenvalue weighted by molar-refractivity contribution is 5.74. The van der Waals surface area contributed by atoms with Gasteiger partial charge in [-0.3, -0.25) is 9.69 Å². The molecular formula is C18H21N3O3. The maximum atomic E-state index is 11.7. The lowest BCUT2D eigenvalue weighted by atomic mass is 9.85. The zero-order valence-electron chi connectivity index (χ0n) is 13.5. The summed E-state index contributed by atoms with van der Waals surface area (Å²) in [7, 11) is 0. The van der Waals surface area contributed by atoms with Crippen LogP contribution in [0.15, 0.2) is 34.9 Å². The third kappa shape index (κ3) is 2.82. The fourth-order valence-electron chi connectivity index (χ4n) is 4.20. The van der Waals surface area contributed by atoms with Gasteiger partial charge in [-0.05, 0) is 37.3 Å². The van der Waals surface area contributed by atoms with Gasteiger partial charge < -0.3 is 9.63 Å². The molecule has 1 aliphatic carbocycles. The molecule has 6 heteroatoms. The van der Waals surface area contributed by atoms with Crippen LogP contribution in [0.2, 0.25) is 0 Å². The van der Waals surface area contributed by atoms with Crippen LogP contribution in [0.25, 0.3) is 11.5 Å². The number of rotatable bonds is 4. The molecule has 2 aromatic rings. The summed E-state index contributed by atoms with van der Waals surface area (Å²) in [5, 5.41) is 13.7. The largest absolute Gasteiger partial charge is 0.480 e. The van der Waals surface area contributed by atoms with Crippen LogP contribution in [0.4, 0.5) is 0 Å². The van der Waals surface area contributed by atoms with Crippen LogP contribution in [-0.2, 0) is 11.3 Å². The second kappa shape index (κ2) is 6.36. The van der Waals surface area contributed by atoms with Gasteiger partial charge in [0.2, 0.25) is 0 Å². The lowest BCUT2D eigenvalue weighted by Gasteiger charge is -2.32. The highest BCUT2D eigenvalue weighted by atomic mass is 16.5. The number of nitrogens with zero attached hydrogens (tertiary/aromatic N) is 3. The van der Waals surface area contributed by atoms with Crippen molar-refractivity contribution in [3.8, 4) is 11.5 Å². The van der Waals surface area contributed by atoms with Gasteiger partial charge in [0.05, 0.1) is 6.54 Å². The van der Waals surface area contributed by atoms with Crippen molar-refractivity contribution in [2.75, 3.05) is 0 Å². The molecule has 2 aliphatic rings. The molecule has 2 fully saturated rings. The quantitative estimate of drug-likeness (QED) is 0.930. The third-order valence-corrected chi connectivity index (χ3v) is 5.32. The van der Waals surface area contributed by atoms with Crippen LogP contribution in [0.5, 0.6) is 0 Å². The van der Waals surface area contributed by atoms with Gasteiger partial charge in [0.25, 0.3) is 5.89 Å². The van der Waals surface area contributed by atoms with Crippen molar-refractivity contribution >= 4 is 5.97 Å². The van der Waals surface area contributed by atoms with E-state index in [9.17, 15) is 9.90 Å². The van der Waals surface area contributed by atoms with Crippen LogP contribution < -0.4 is 0 Å². The monoisotopic (exact) mass is 327 g/mol. The number of aliphatic carboxylic acids is 1. The number of likely N-dealkylation sites (tertiary alicyclic amines) is 1. The number of carbonyl (C=O) groups is 1. The van der Waals surface area contributed by atoms with E-state index in [0.717, 1.165) is 24.8 Å². The maximum absolute atomic E-state index is 11.7. The Kier molecular flexibility index (Phi) is 4.06. The number of carboxylic acids is 1. The van der Waals surface area contributed by atoms with Crippen molar-refractivity contribution in [3.05, 3.63) is 36.2 Å². The van der Waals surface area contributed by atoms with E-state index in [1.54, 1.807) is 0 Å². The molecule has 1 saturated heterocycles. The number of benzene rings is 1. The Labute approximate surface area is 140 Å². The molecule has 1 N–H and O–H groups in total. The van der Waals surface area contributed by atoms with Crippen molar-refractivity contribution in [1.82, 2.24) is 15.0 Å². The average molecular weight is 327 g/mol. The fraction of sp³-hybridized carbons (Fsp3) is 0.500. The molecule has 1 aromatic heterocycles. The minimum Gasteiger partial charge on any atom is -0.480 e. The van der Waals surface area contributed by atoms with Crippen molar-refractivity contribution in [2.24, 2.45) is 5.92 Å². The first-order chi connectivity index (χ1) is 11.7. The van der Waals surface area contributed by atoms with Crippen molar-refractivity contribution in [2.45, 2.75) is 50.7 Å². The molecule has 24 heavy (non-hydrogen) atoms. The smallest absolute Gasteiger partial charge is 0.320 e. The fourth-order valence-corrected chi connectivity index (χ4v) is 4.20. The predicted molar refractivity (Wildman–Crippen MR) is 87.1 cm³/mol. The van der Waals surface area contributed by atoms with Crippen LogP contribution in [0.3, 0.4) is 0 Å². The zero-order chi connectivity index (χ0) is 16.5. The second-order valence-electron chi connectivity index (χ2n) is 6.76. The molecule has 126 valence electrons. The molecule has 3 unspecified atom stereocenters. The van der Waals surface area contributed by atoms with Crippen LogP contribution in [-0.4, -0.2) is 38.2 Å². The highest BCUT2D eigenvalue weighted by Gasteiger charge is 2.45. The Hall–Kier alpha value is -2.21. The normalized spacial score (nSPS) is 27.1. The second-order valence-corrected chi connectivity index (χ2v) is 6.76. The molecule has 6 nitrogen and oxygen atoms in total. The van der Waals surface area contributed by atoms with Crippen molar-refractivity contribution < 1.29 is 14.4 Å². The van der Waals surface area contributed by atoms with Gasteiger partial charge in [-0.1, -0.05) is 36.2 Å². The van der Waals surface area contributed by atoms with Gasteiger partial charge in [0.1, 0.15) is 6.04 Å². The molecule has 1 aromatic carbocycles. The van der Waals surface area contributed by atoms with Crippen LogP contribution in [0, 0.1) is 5.92 Å². The minimum absolute atomic E-state index is 0.332. The molecular weight excluding hydrogens is 306 g/mol. The first-order valence-corrected chi connectivity index (χ1v) is 8.59. The van der Waals surface area contributed by atoms with Gasteiger partial charge in [0.15, 0.2) is 5.82 Å². The lowest BCUT2D eigenvalue weighted by molar-refractivity contribution is -0.143. The molecule has 1 saturated carbocycles. The summed E-state index contributed by atoms with van der Waals surface area (Å²) in [6.45, 7) is 0.439. The maximum Gasteiger partial charge on any atom is 0.320 e. The molecule has 1 aliphatic heterocycles. The summed E-state index contributed by atoms with van der Waals surface area (Å²) in [5.41, 5.74) is 0.878. The number of hydrogen-bond acceptors (Lipinski definition) is 5. The molecule has 0 spiro atoms. The summed E-state index contributed by atoms with van der Waals surface area (Å²) in [4.78, 5) is 18.2. The third-order valence-electron chi connectivity index (χ3n) is 5.32. The number of aromatic nitrogens is 2. The van der Waals surface area contributed by atoms with Gasteiger partial charge in [-0.2, -0.15) is 4.98 Å². The molecule has 4 rings (SSSR count). The first kappa shape index (κ1) is 15.3. The van der Waals surface area contributed by atoms with E-state index < -0.39 is 12.0 Å². The lowest BCUT2D eigenvalue weighted by Crippen LogP contribution is -2.41. The van der Waals surface area contributed by atoms with E-state index in [4.69, 9.17) is 4.52 Å². The first-order valence-electron chi connectivity index (χ1n) is 8.59. The Morgan fingerprint density at radius 2 is 2.04 bits per heavy atom. The Morgan fingerprint density at radius 3 is 2.83 bits per heavy atom. The standard InChI is InChI=1S/C18H21N3O3/c22-18(23)15-10-13-8-4-5-9-14(13)21(15)11-16-19-17(24-20-16)12-6-2-1-3-7-12/h1-3,6-7,13-15H,4-5,8-11H2,(H,22,23). The van der Waals surface area contributed by atoms with Crippen molar-refractivity contribution in [1.29, 1.82) is 0 Å². The van der Waals surface area contributed by atoms with Gasteiger partial charge in [-0.15, -0.1) is 0 Å². The SMILES string of the molecule is O=C(O)C1CC2CCCCC2N1Cc1noc(-c2ccccc2)n1. The van der Waals surface area contributed by atoms with Gasteiger partial charge in [-0.25, -0.2) is 0 Å². The highest BCUT2D eigenvalue weighted by Crippen LogP contribution is 2.40. The van der Waals surface area contributed by atoms with E-state index in [1.165, 1.54) is 12.8 Å². The Balaban J connectivity index is 1.55. The van der Waals surface area contributed by atoms with Gasteiger partial charge >= 0.3 is 5.97 Å². The van der Waals surface area contributed by atoms with E-state index >= 15 is 0 Å².